The van der Waals surface area contributed by atoms with Crippen molar-refractivity contribution in [1.29, 1.82) is 0 Å². The summed E-state index contributed by atoms with van der Waals surface area (Å²) in [7, 11) is 0. The monoisotopic (exact) mass is 258 g/mol. The van der Waals surface area contributed by atoms with E-state index in [2.05, 4.69) is 10.3 Å². The quantitative estimate of drug-likeness (QED) is 0.828. The summed E-state index contributed by atoms with van der Waals surface area (Å²) in [5, 5.41) is 4.16. The van der Waals surface area contributed by atoms with Gasteiger partial charge >= 0.3 is 0 Å². The van der Waals surface area contributed by atoms with Crippen LogP contribution in [0.3, 0.4) is 0 Å². The van der Waals surface area contributed by atoms with Crippen molar-refractivity contribution in [3.63, 3.8) is 0 Å². The standard InChI is InChI=1S/C15H18N2O2/c1-2-19-13-7-3-5-11-14(13)10(9-17-11)15(18)12-6-4-8-16-12/h3,5,7,9,12,16-17H,2,4,6,8H2,1H3. The molecule has 2 aromatic rings. The highest BCUT2D eigenvalue weighted by Gasteiger charge is 2.26. The predicted octanol–water partition coefficient (Wildman–Crippen LogP) is 2.50. The molecular formula is C15H18N2O2. The minimum absolute atomic E-state index is 0.0475. The number of rotatable bonds is 4. The third-order valence-corrected chi connectivity index (χ3v) is 3.61. The summed E-state index contributed by atoms with van der Waals surface area (Å²) in [6.07, 6.45) is 3.79. The molecule has 0 spiro atoms. The Kier molecular flexibility index (Phi) is 3.25. The first-order valence-electron chi connectivity index (χ1n) is 6.81. The van der Waals surface area contributed by atoms with Gasteiger partial charge in [0.05, 0.1) is 18.0 Å². The van der Waals surface area contributed by atoms with Crippen LogP contribution in [0, 0.1) is 0 Å². The number of aromatic nitrogens is 1. The van der Waals surface area contributed by atoms with E-state index in [1.165, 1.54) is 0 Å². The van der Waals surface area contributed by atoms with Crippen LogP contribution in [0.25, 0.3) is 10.9 Å². The van der Waals surface area contributed by atoms with Crippen LogP contribution in [0.5, 0.6) is 5.75 Å². The number of H-pyrrole nitrogens is 1. The number of nitrogens with one attached hydrogen (secondary N) is 2. The van der Waals surface area contributed by atoms with Crippen molar-refractivity contribution in [2.75, 3.05) is 13.2 Å². The number of ketones is 1. The van der Waals surface area contributed by atoms with E-state index in [1.807, 2.05) is 25.1 Å². The Morgan fingerprint density at radius 2 is 2.37 bits per heavy atom. The predicted molar refractivity (Wildman–Crippen MR) is 74.8 cm³/mol. The lowest BCUT2D eigenvalue weighted by Crippen LogP contribution is -2.30. The molecule has 3 rings (SSSR count). The molecule has 0 radical (unpaired) electrons. The van der Waals surface area contributed by atoms with Crippen molar-refractivity contribution in [2.24, 2.45) is 0 Å². The van der Waals surface area contributed by atoms with Gasteiger partial charge in [-0.2, -0.15) is 0 Å². The molecule has 100 valence electrons. The van der Waals surface area contributed by atoms with Gasteiger partial charge in [-0.1, -0.05) is 6.07 Å². The second-order valence-corrected chi connectivity index (χ2v) is 4.83. The van der Waals surface area contributed by atoms with Crippen LogP contribution >= 0.6 is 0 Å². The molecule has 1 atom stereocenters. The molecule has 0 saturated carbocycles. The first kappa shape index (κ1) is 12.2. The average molecular weight is 258 g/mol. The van der Waals surface area contributed by atoms with Gasteiger partial charge in [-0.05, 0) is 38.4 Å². The lowest BCUT2D eigenvalue weighted by atomic mass is 10.0. The van der Waals surface area contributed by atoms with Crippen LogP contribution < -0.4 is 10.1 Å². The SMILES string of the molecule is CCOc1cccc2[nH]cc(C(=O)C3CCCN3)c12. The summed E-state index contributed by atoms with van der Waals surface area (Å²) in [6.45, 7) is 3.47. The Bertz CT molecular complexity index is 597. The number of hydrogen-bond donors (Lipinski definition) is 2. The van der Waals surface area contributed by atoms with E-state index < -0.39 is 0 Å². The molecule has 1 unspecified atom stereocenters. The third-order valence-electron chi connectivity index (χ3n) is 3.61. The molecule has 2 heterocycles. The van der Waals surface area contributed by atoms with Crippen molar-refractivity contribution in [1.82, 2.24) is 10.3 Å². The lowest BCUT2D eigenvalue weighted by molar-refractivity contribution is 0.0953. The number of carbonyl (C=O) groups is 1. The van der Waals surface area contributed by atoms with E-state index in [0.717, 1.165) is 41.6 Å². The fraction of sp³-hybridized carbons (Fsp3) is 0.400. The maximum absolute atomic E-state index is 12.5. The number of Topliss-reactive ketones (excluding diaryl/α,β-unsaturated/α-hetero) is 1. The summed E-state index contributed by atoms with van der Waals surface area (Å²) in [5.74, 6) is 0.943. The zero-order valence-electron chi connectivity index (χ0n) is 11.0. The number of ether oxygens (including phenoxy) is 1. The highest BCUT2D eigenvalue weighted by atomic mass is 16.5. The number of carbonyl (C=O) groups excluding carboxylic acids is 1. The van der Waals surface area contributed by atoms with Crippen molar-refractivity contribution < 1.29 is 9.53 Å². The molecule has 0 bridgehead atoms. The summed E-state index contributed by atoms with van der Waals surface area (Å²) in [4.78, 5) is 15.7. The molecule has 1 aliphatic heterocycles. The molecule has 4 nitrogen and oxygen atoms in total. The van der Waals surface area contributed by atoms with Gasteiger partial charge in [0.1, 0.15) is 5.75 Å². The zero-order valence-corrected chi connectivity index (χ0v) is 11.0. The third kappa shape index (κ3) is 2.12. The van der Waals surface area contributed by atoms with Crippen molar-refractivity contribution in [3.05, 3.63) is 30.0 Å². The van der Waals surface area contributed by atoms with Gasteiger partial charge in [-0.25, -0.2) is 0 Å². The van der Waals surface area contributed by atoms with Gasteiger partial charge in [0.25, 0.3) is 0 Å². The van der Waals surface area contributed by atoms with Crippen molar-refractivity contribution in [2.45, 2.75) is 25.8 Å². The second-order valence-electron chi connectivity index (χ2n) is 4.83. The van der Waals surface area contributed by atoms with E-state index in [4.69, 9.17) is 4.74 Å². The van der Waals surface area contributed by atoms with Gasteiger partial charge in [0.15, 0.2) is 5.78 Å². The van der Waals surface area contributed by atoms with Crippen molar-refractivity contribution in [3.8, 4) is 5.75 Å². The largest absolute Gasteiger partial charge is 0.493 e. The lowest BCUT2D eigenvalue weighted by Gasteiger charge is -2.10. The Hall–Kier alpha value is -1.81. The second kappa shape index (κ2) is 5.05. The van der Waals surface area contributed by atoms with Crippen LogP contribution in [0.4, 0.5) is 0 Å². The van der Waals surface area contributed by atoms with Crippen LogP contribution in [0.1, 0.15) is 30.1 Å². The Morgan fingerprint density at radius 1 is 1.47 bits per heavy atom. The van der Waals surface area contributed by atoms with Gasteiger partial charge in [-0.15, -0.1) is 0 Å². The van der Waals surface area contributed by atoms with E-state index in [1.54, 1.807) is 6.20 Å². The summed E-state index contributed by atoms with van der Waals surface area (Å²) in [6, 6.07) is 5.77. The highest BCUT2D eigenvalue weighted by molar-refractivity contribution is 6.12. The molecule has 19 heavy (non-hydrogen) atoms. The Morgan fingerprint density at radius 3 is 3.11 bits per heavy atom. The maximum Gasteiger partial charge on any atom is 0.182 e. The molecule has 1 aliphatic rings. The molecule has 1 saturated heterocycles. The van der Waals surface area contributed by atoms with Crippen LogP contribution in [0.2, 0.25) is 0 Å². The minimum atomic E-state index is -0.0475. The van der Waals surface area contributed by atoms with Gasteiger partial charge in [-0.3, -0.25) is 4.79 Å². The van der Waals surface area contributed by atoms with Crippen molar-refractivity contribution >= 4 is 16.7 Å². The molecule has 0 amide bonds. The molecule has 1 fully saturated rings. The smallest absolute Gasteiger partial charge is 0.182 e. The molecule has 1 aromatic heterocycles. The molecular weight excluding hydrogens is 240 g/mol. The summed E-state index contributed by atoms with van der Waals surface area (Å²) in [5.41, 5.74) is 1.69. The van der Waals surface area contributed by atoms with Gasteiger partial charge < -0.3 is 15.0 Å². The summed E-state index contributed by atoms with van der Waals surface area (Å²) < 4.78 is 5.64. The molecule has 2 N–H and O–H groups in total. The highest BCUT2D eigenvalue weighted by Crippen LogP contribution is 2.30. The summed E-state index contributed by atoms with van der Waals surface area (Å²) >= 11 is 0. The fourth-order valence-electron chi connectivity index (χ4n) is 2.72. The first-order valence-corrected chi connectivity index (χ1v) is 6.81. The Labute approximate surface area is 112 Å². The molecule has 1 aromatic carbocycles. The zero-order chi connectivity index (χ0) is 13.2. The number of hydrogen-bond acceptors (Lipinski definition) is 3. The van der Waals surface area contributed by atoms with E-state index in [9.17, 15) is 4.79 Å². The fourth-order valence-corrected chi connectivity index (χ4v) is 2.72. The van der Waals surface area contributed by atoms with E-state index >= 15 is 0 Å². The van der Waals surface area contributed by atoms with Crippen LogP contribution in [-0.2, 0) is 0 Å². The van der Waals surface area contributed by atoms with E-state index in [0.29, 0.717) is 6.61 Å². The van der Waals surface area contributed by atoms with Crippen LogP contribution in [-0.4, -0.2) is 30.0 Å². The van der Waals surface area contributed by atoms with Gasteiger partial charge in [0.2, 0.25) is 0 Å². The molecule has 4 heteroatoms. The minimum Gasteiger partial charge on any atom is -0.493 e. The maximum atomic E-state index is 12.5. The topological polar surface area (TPSA) is 54.1 Å². The number of fused-ring (bicyclic) bond motifs is 1. The number of benzene rings is 1. The Balaban J connectivity index is 2.05. The van der Waals surface area contributed by atoms with E-state index in [-0.39, 0.29) is 11.8 Å². The normalized spacial score (nSPS) is 18.9. The number of aromatic amines is 1. The molecule has 0 aliphatic carbocycles. The average Bonchev–Trinajstić information content (AvgIpc) is 3.08. The van der Waals surface area contributed by atoms with Crippen LogP contribution in [0.15, 0.2) is 24.4 Å². The first-order chi connectivity index (χ1) is 9.31. The van der Waals surface area contributed by atoms with Gasteiger partial charge in [0, 0.05) is 17.3 Å².